The zero-order chi connectivity index (χ0) is 44.0. The van der Waals surface area contributed by atoms with E-state index in [1.165, 1.54) is 128 Å². The maximum absolute atomic E-state index is 12.7. The number of aliphatic hydroxyl groups is 1. The van der Waals surface area contributed by atoms with Crippen molar-refractivity contribution in [3.63, 3.8) is 0 Å². The molecule has 59 heavy (non-hydrogen) atoms. The first-order chi connectivity index (χ1) is 28.2. The number of esters is 2. The summed E-state index contributed by atoms with van der Waals surface area (Å²) in [5.41, 5.74) is 0. The van der Waals surface area contributed by atoms with Gasteiger partial charge in [-0.1, -0.05) is 195 Å². The Labute approximate surface area is 359 Å². The Morgan fingerprint density at radius 3 is 1.20 bits per heavy atom. The average Bonchev–Trinajstić information content (AvgIpc) is 3.19. The monoisotopic (exact) mass is 887 g/mol. The third-order valence-corrected chi connectivity index (χ3v) is 12.5. The van der Waals surface area contributed by atoms with Crippen molar-refractivity contribution in [1.82, 2.24) is 0 Å². The Kier molecular flexibility index (Phi) is 38.2. The van der Waals surface area contributed by atoms with Crippen LogP contribution >= 0.6 is 15.6 Å². The van der Waals surface area contributed by atoms with Gasteiger partial charge in [0.15, 0.2) is 6.10 Å². The van der Waals surface area contributed by atoms with Crippen LogP contribution in [0.4, 0.5) is 0 Å². The minimum atomic E-state index is -4.86. The average molecular weight is 887 g/mol. The summed E-state index contributed by atoms with van der Waals surface area (Å²) in [5, 5.41) is 9.75. The van der Waals surface area contributed by atoms with Crippen molar-refractivity contribution in [3.8, 4) is 0 Å². The molecule has 0 aliphatic carbocycles. The van der Waals surface area contributed by atoms with Crippen molar-refractivity contribution in [2.75, 3.05) is 26.4 Å². The van der Waals surface area contributed by atoms with Crippen LogP contribution in [0.1, 0.15) is 220 Å². The second-order valence-electron chi connectivity index (χ2n) is 16.9. The molecule has 0 bridgehead atoms. The minimum absolute atomic E-state index is 0.138. The lowest BCUT2D eigenvalue weighted by atomic mass is 9.99. The number of hydrogen-bond acceptors (Lipinski definition) is 10. The molecule has 0 radical (unpaired) electrons. The van der Waals surface area contributed by atoms with Crippen LogP contribution in [0, 0.1) is 11.8 Å². The number of carbonyl (C=O) groups excluding carboxylic acids is 2. The van der Waals surface area contributed by atoms with Crippen molar-refractivity contribution in [3.05, 3.63) is 0 Å². The van der Waals surface area contributed by atoms with Gasteiger partial charge in [-0.25, -0.2) is 9.13 Å². The van der Waals surface area contributed by atoms with Crippen LogP contribution < -0.4 is 0 Å². The summed E-state index contributed by atoms with van der Waals surface area (Å²) in [6.07, 6.45) is 31.2. The summed E-state index contributed by atoms with van der Waals surface area (Å²) < 4.78 is 47.8. The molecule has 0 aromatic heterocycles. The van der Waals surface area contributed by atoms with Crippen LogP contribution in [0.15, 0.2) is 0 Å². The van der Waals surface area contributed by atoms with Gasteiger partial charge in [-0.05, 0) is 24.7 Å². The quantitative estimate of drug-likeness (QED) is 0.0256. The smallest absolute Gasteiger partial charge is 0.462 e. The van der Waals surface area contributed by atoms with Crippen LogP contribution in [0.5, 0.6) is 0 Å². The zero-order valence-corrected chi connectivity index (χ0v) is 39.5. The molecule has 0 saturated heterocycles. The number of aliphatic hydroxyl groups excluding tert-OH is 1. The molecule has 0 rings (SSSR count). The maximum atomic E-state index is 12.7. The summed E-state index contributed by atoms with van der Waals surface area (Å²) in [7, 11) is -9.66. The Morgan fingerprint density at radius 2 is 0.814 bits per heavy atom. The molecular weight excluding hydrogens is 798 g/mol. The molecule has 352 valence electrons. The molecule has 0 aliphatic heterocycles. The molecule has 0 saturated carbocycles. The van der Waals surface area contributed by atoms with E-state index >= 15 is 0 Å². The van der Waals surface area contributed by atoms with E-state index in [0.29, 0.717) is 12.8 Å². The first-order valence-corrected chi connectivity index (χ1v) is 26.5. The van der Waals surface area contributed by atoms with Crippen molar-refractivity contribution in [2.45, 2.75) is 233 Å². The molecule has 0 aromatic rings. The van der Waals surface area contributed by atoms with Gasteiger partial charge in [0.25, 0.3) is 0 Å². The molecule has 4 N–H and O–H groups in total. The number of hydrogen-bond donors (Lipinski definition) is 4. The highest BCUT2D eigenvalue weighted by Crippen LogP contribution is 2.44. The van der Waals surface area contributed by atoms with Gasteiger partial charge in [0, 0.05) is 12.8 Å². The highest BCUT2D eigenvalue weighted by Gasteiger charge is 2.28. The zero-order valence-electron chi connectivity index (χ0n) is 37.7. The Hall–Kier alpha value is -0.880. The lowest BCUT2D eigenvalue weighted by Gasteiger charge is -2.20. The molecule has 0 amide bonds. The number of rotatable bonds is 44. The van der Waals surface area contributed by atoms with E-state index in [9.17, 15) is 28.7 Å². The molecular formula is C44H88O13P2. The number of phosphoric acid groups is 2. The molecule has 5 atom stereocenters. The predicted octanol–water partition coefficient (Wildman–Crippen LogP) is 12.1. The second-order valence-corrected chi connectivity index (χ2v) is 19.6. The molecule has 3 unspecified atom stereocenters. The van der Waals surface area contributed by atoms with Gasteiger partial charge in [-0.3, -0.25) is 23.2 Å². The Bertz CT molecular complexity index is 1090. The lowest BCUT2D eigenvalue weighted by Crippen LogP contribution is -2.30. The molecule has 0 heterocycles. The van der Waals surface area contributed by atoms with Crippen molar-refractivity contribution in [1.29, 1.82) is 0 Å². The van der Waals surface area contributed by atoms with Crippen LogP contribution in [-0.4, -0.2) is 70.4 Å². The van der Waals surface area contributed by atoms with Crippen molar-refractivity contribution in [2.24, 2.45) is 11.8 Å². The number of ether oxygens (including phenoxy) is 2. The first-order valence-electron chi connectivity index (χ1n) is 23.5. The Morgan fingerprint density at radius 1 is 0.475 bits per heavy atom. The first kappa shape index (κ1) is 58.1. The van der Waals surface area contributed by atoms with E-state index in [2.05, 4.69) is 32.2 Å². The predicted molar refractivity (Wildman–Crippen MR) is 235 cm³/mol. The van der Waals surface area contributed by atoms with E-state index in [1.54, 1.807) is 0 Å². The third-order valence-electron chi connectivity index (χ3n) is 11.1. The van der Waals surface area contributed by atoms with Gasteiger partial charge >= 0.3 is 27.6 Å². The molecule has 13 nitrogen and oxygen atoms in total. The standard InChI is InChI=1S/C44H88O13P2/c1-5-39(3)31-27-23-19-17-15-13-11-9-7-8-10-12-14-16-18-20-26-30-34-44(47)57-42(38-56-59(51,52)55-36-41(45)35-54-58(48,49)50)37-53-43(46)33-29-25-22-21-24-28-32-40(4)6-2/h39-42,45H,5-38H2,1-4H3,(H,51,52)(H2,48,49,50)/t39?,40?,41-,42+/m0/s1. The number of phosphoric ester groups is 2. The van der Waals surface area contributed by atoms with Crippen molar-refractivity contribution >= 4 is 27.6 Å². The number of carbonyl (C=O) groups is 2. The topological polar surface area (TPSA) is 195 Å². The summed E-state index contributed by atoms with van der Waals surface area (Å²) in [6.45, 7) is 6.44. The van der Waals surface area contributed by atoms with E-state index in [-0.39, 0.29) is 19.4 Å². The summed E-state index contributed by atoms with van der Waals surface area (Å²) in [5.74, 6) is 0.616. The fraction of sp³-hybridized carbons (Fsp3) is 0.955. The van der Waals surface area contributed by atoms with Crippen LogP contribution in [0.3, 0.4) is 0 Å². The fourth-order valence-corrected chi connectivity index (χ4v) is 7.87. The molecule has 0 aromatic carbocycles. The van der Waals surface area contributed by atoms with Gasteiger partial charge in [0.2, 0.25) is 0 Å². The molecule has 0 aliphatic rings. The lowest BCUT2D eigenvalue weighted by molar-refractivity contribution is -0.161. The summed E-state index contributed by atoms with van der Waals surface area (Å²) >= 11 is 0. The van der Waals surface area contributed by atoms with Gasteiger partial charge in [0.05, 0.1) is 19.8 Å². The normalized spacial score (nSPS) is 15.1. The van der Waals surface area contributed by atoms with Gasteiger partial charge in [0.1, 0.15) is 12.7 Å². The molecule has 0 spiro atoms. The van der Waals surface area contributed by atoms with Gasteiger partial charge < -0.3 is 29.3 Å². The summed E-state index contributed by atoms with van der Waals surface area (Å²) in [4.78, 5) is 52.7. The van der Waals surface area contributed by atoms with Crippen LogP contribution in [0.2, 0.25) is 0 Å². The highest BCUT2D eigenvalue weighted by atomic mass is 31.2. The Balaban J connectivity index is 4.33. The highest BCUT2D eigenvalue weighted by molar-refractivity contribution is 7.47. The van der Waals surface area contributed by atoms with E-state index in [1.807, 2.05) is 0 Å². The van der Waals surface area contributed by atoms with Crippen LogP contribution in [0.25, 0.3) is 0 Å². The second kappa shape index (κ2) is 38.8. The largest absolute Gasteiger partial charge is 0.472 e. The minimum Gasteiger partial charge on any atom is -0.462 e. The van der Waals surface area contributed by atoms with Crippen LogP contribution in [-0.2, 0) is 41.8 Å². The van der Waals surface area contributed by atoms with Crippen molar-refractivity contribution < 1.29 is 61.6 Å². The SMILES string of the molecule is CCC(C)CCCCCCCCCCCCCCCCCCCCC(=O)O[C@H](COC(=O)CCCCCCCCC(C)CC)COP(=O)(O)OC[C@@H](O)COP(=O)(O)O. The van der Waals surface area contributed by atoms with Gasteiger partial charge in [-0.15, -0.1) is 0 Å². The third kappa shape index (κ3) is 42.2. The van der Waals surface area contributed by atoms with E-state index in [0.717, 1.165) is 50.4 Å². The van der Waals surface area contributed by atoms with Gasteiger partial charge in [-0.2, -0.15) is 0 Å². The molecule has 0 fully saturated rings. The number of unbranched alkanes of at least 4 members (excludes halogenated alkanes) is 22. The molecule has 15 heteroatoms. The van der Waals surface area contributed by atoms with E-state index < -0.39 is 59.6 Å². The summed E-state index contributed by atoms with van der Waals surface area (Å²) in [6, 6.07) is 0. The maximum Gasteiger partial charge on any atom is 0.472 e. The van der Waals surface area contributed by atoms with E-state index in [4.69, 9.17) is 28.3 Å². The fourth-order valence-electron chi connectivity index (χ4n) is 6.71.